The summed E-state index contributed by atoms with van der Waals surface area (Å²) < 4.78 is 6.20. The zero-order valence-corrected chi connectivity index (χ0v) is 16.1. The van der Waals surface area contributed by atoms with Gasteiger partial charge < -0.3 is 9.84 Å². The van der Waals surface area contributed by atoms with Crippen molar-refractivity contribution in [1.29, 1.82) is 0 Å². The van der Waals surface area contributed by atoms with Crippen LogP contribution in [-0.2, 0) is 11.2 Å². The Labute approximate surface area is 160 Å². The fourth-order valence-electron chi connectivity index (χ4n) is 3.71. The van der Waals surface area contributed by atoms with Crippen molar-refractivity contribution in [3.8, 4) is 5.75 Å². The molecular weight excluding hydrogens is 338 g/mol. The Kier molecular flexibility index (Phi) is 6.28. The molecule has 0 unspecified atom stereocenters. The van der Waals surface area contributed by atoms with Gasteiger partial charge in [-0.15, -0.1) is 0 Å². The van der Waals surface area contributed by atoms with Crippen molar-refractivity contribution in [2.45, 2.75) is 52.4 Å². The van der Waals surface area contributed by atoms with E-state index in [2.05, 4.69) is 17.1 Å². The van der Waals surface area contributed by atoms with E-state index in [9.17, 15) is 4.79 Å². The molecule has 1 N–H and O–H groups in total. The maximum atomic E-state index is 10.8. The Balaban J connectivity index is 1.76. The normalized spacial score (nSPS) is 14.3. The summed E-state index contributed by atoms with van der Waals surface area (Å²) in [6.07, 6.45) is 9.00. The second kappa shape index (κ2) is 8.85. The highest BCUT2D eigenvalue weighted by atomic mass is 16.5. The van der Waals surface area contributed by atoms with Gasteiger partial charge in [0.2, 0.25) is 0 Å². The molecule has 1 aromatic heterocycles. The van der Waals surface area contributed by atoms with Crippen LogP contribution in [0.3, 0.4) is 0 Å². The highest BCUT2D eigenvalue weighted by molar-refractivity contribution is 5.69. The lowest BCUT2D eigenvalue weighted by atomic mass is 9.88. The van der Waals surface area contributed by atoms with Crippen molar-refractivity contribution in [3.05, 3.63) is 64.5 Å². The van der Waals surface area contributed by atoms with E-state index < -0.39 is 5.97 Å². The molecule has 1 aliphatic carbocycles. The molecule has 0 aliphatic heterocycles. The van der Waals surface area contributed by atoms with Crippen molar-refractivity contribution in [1.82, 2.24) is 4.98 Å². The summed E-state index contributed by atoms with van der Waals surface area (Å²) in [6.45, 7) is 4.70. The molecule has 4 nitrogen and oxygen atoms in total. The van der Waals surface area contributed by atoms with Crippen molar-refractivity contribution in [2.24, 2.45) is 0 Å². The van der Waals surface area contributed by atoms with E-state index in [-0.39, 0.29) is 6.42 Å². The predicted molar refractivity (Wildman–Crippen MR) is 107 cm³/mol. The van der Waals surface area contributed by atoms with Gasteiger partial charge in [0.05, 0.1) is 0 Å². The minimum Gasteiger partial charge on any atom is -0.489 e. The molecule has 1 aromatic carbocycles. The third-order valence-corrected chi connectivity index (χ3v) is 5.47. The lowest BCUT2D eigenvalue weighted by Crippen LogP contribution is -2.09. The summed E-state index contributed by atoms with van der Waals surface area (Å²) in [5.41, 5.74) is 7.33. The number of carboxylic acid groups (broad SMARTS) is 1. The van der Waals surface area contributed by atoms with Gasteiger partial charge in [-0.1, -0.05) is 6.07 Å². The molecule has 0 bridgehead atoms. The third-order valence-electron chi connectivity index (χ3n) is 5.47. The molecule has 0 saturated heterocycles. The van der Waals surface area contributed by atoms with E-state index in [1.54, 1.807) is 0 Å². The SMILES string of the molecule is Cc1c(CCC(=O)O)ccc(OCC2=C(c3ccncc3)CCCC2)c1C. The van der Waals surface area contributed by atoms with Gasteiger partial charge in [0.25, 0.3) is 0 Å². The van der Waals surface area contributed by atoms with Crippen molar-refractivity contribution < 1.29 is 14.6 Å². The van der Waals surface area contributed by atoms with Crippen LogP contribution in [0.25, 0.3) is 5.57 Å². The first kappa shape index (κ1) is 19.2. The first-order valence-electron chi connectivity index (χ1n) is 9.61. The van der Waals surface area contributed by atoms with Gasteiger partial charge in [0.1, 0.15) is 12.4 Å². The van der Waals surface area contributed by atoms with E-state index in [1.165, 1.54) is 29.6 Å². The second-order valence-electron chi connectivity index (χ2n) is 7.18. The molecule has 0 saturated carbocycles. The van der Waals surface area contributed by atoms with Gasteiger partial charge in [-0.25, -0.2) is 0 Å². The molecule has 0 spiro atoms. The predicted octanol–water partition coefficient (Wildman–Crippen LogP) is 5.12. The molecule has 0 fully saturated rings. The summed E-state index contributed by atoms with van der Waals surface area (Å²) in [4.78, 5) is 15.0. The minimum absolute atomic E-state index is 0.155. The van der Waals surface area contributed by atoms with Crippen LogP contribution in [-0.4, -0.2) is 22.7 Å². The van der Waals surface area contributed by atoms with Crippen LogP contribution in [0, 0.1) is 13.8 Å². The zero-order chi connectivity index (χ0) is 19.2. The number of carbonyl (C=O) groups is 1. The molecule has 142 valence electrons. The average molecular weight is 365 g/mol. The number of aryl methyl sites for hydroxylation is 1. The van der Waals surface area contributed by atoms with E-state index in [0.717, 1.165) is 35.3 Å². The van der Waals surface area contributed by atoms with Gasteiger partial charge in [-0.05, 0) is 97.6 Å². The number of rotatable bonds is 7. The largest absolute Gasteiger partial charge is 0.489 e. The highest BCUT2D eigenvalue weighted by Crippen LogP contribution is 2.33. The third kappa shape index (κ3) is 4.76. The molecule has 0 atom stereocenters. The van der Waals surface area contributed by atoms with Crippen LogP contribution in [0.2, 0.25) is 0 Å². The molecular formula is C23H27NO3. The number of aromatic nitrogens is 1. The average Bonchev–Trinajstić information content (AvgIpc) is 2.69. The summed E-state index contributed by atoms with van der Waals surface area (Å²) in [6, 6.07) is 8.13. The number of nitrogens with zero attached hydrogens (tertiary/aromatic N) is 1. The molecule has 1 heterocycles. The van der Waals surface area contributed by atoms with Crippen molar-refractivity contribution in [2.75, 3.05) is 6.61 Å². The molecule has 27 heavy (non-hydrogen) atoms. The number of pyridine rings is 1. The highest BCUT2D eigenvalue weighted by Gasteiger charge is 2.16. The van der Waals surface area contributed by atoms with Crippen molar-refractivity contribution in [3.63, 3.8) is 0 Å². The van der Waals surface area contributed by atoms with E-state index in [4.69, 9.17) is 9.84 Å². The fourth-order valence-corrected chi connectivity index (χ4v) is 3.71. The quantitative estimate of drug-likeness (QED) is 0.739. The molecule has 0 radical (unpaired) electrons. The van der Waals surface area contributed by atoms with Gasteiger partial charge in [-0.3, -0.25) is 9.78 Å². The van der Waals surface area contributed by atoms with Crippen LogP contribution in [0.1, 0.15) is 54.4 Å². The number of hydrogen-bond acceptors (Lipinski definition) is 3. The monoisotopic (exact) mass is 365 g/mol. The van der Waals surface area contributed by atoms with Gasteiger partial charge in [-0.2, -0.15) is 0 Å². The Morgan fingerprint density at radius 2 is 1.81 bits per heavy atom. The minimum atomic E-state index is -0.764. The molecule has 0 amide bonds. The second-order valence-corrected chi connectivity index (χ2v) is 7.18. The number of hydrogen-bond donors (Lipinski definition) is 1. The first-order valence-corrected chi connectivity index (χ1v) is 9.61. The van der Waals surface area contributed by atoms with Crippen LogP contribution in [0.5, 0.6) is 5.75 Å². The summed E-state index contributed by atoms with van der Waals surface area (Å²) in [5.74, 6) is 0.124. The topological polar surface area (TPSA) is 59.4 Å². The number of carboxylic acids is 1. The maximum absolute atomic E-state index is 10.8. The van der Waals surface area contributed by atoms with Crippen molar-refractivity contribution >= 4 is 11.5 Å². The van der Waals surface area contributed by atoms with E-state index in [0.29, 0.717) is 13.0 Å². The Bertz CT molecular complexity index is 840. The van der Waals surface area contributed by atoms with Crippen LogP contribution in [0.4, 0.5) is 0 Å². The number of ether oxygens (including phenoxy) is 1. The van der Waals surface area contributed by atoms with Gasteiger partial charge in [0.15, 0.2) is 0 Å². The van der Waals surface area contributed by atoms with Gasteiger partial charge >= 0.3 is 5.97 Å². The van der Waals surface area contributed by atoms with Gasteiger partial charge in [0, 0.05) is 18.8 Å². The van der Waals surface area contributed by atoms with Crippen LogP contribution < -0.4 is 4.74 Å². The standard InChI is InChI=1S/C23H27NO3/c1-16-17(2)22(9-7-18(16)8-10-23(25)26)27-15-20-5-3-4-6-21(20)19-11-13-24-14-12-19/h7,9,11-14H,3-6,8,10,15H2,1-2H3,(H,25,26). The maximum Gasteiger partial charge on any atom is 0.303 e. The summed E-state index contributed by atoms with van der Waals surface area (Å²) in [5, 5.41) is 8.90. The Morgan fingerprint density at radius 1 is 1.07 bits per heavy atom. The molecule has 1 aliphatic rings. The van der Waals surface area contributed by atoms with Crippen LogP contribution in [0.15, 0.2) is 42.2 Å². The first-order chi connectivity index (χ1) is 13.1. The van der Waals surface area contributed by atoms with Crippen LogP contribution >= 0.6 is 0 Å². The molecule has 4 heteroatoms. The Morgan fingerprint density at radius 3 is 2.56 bits per heavy atom. The number of allylic oxidation sites excluding steroid dienone is 1. The fraction of sp³-hybridized carbons (Fsp3) is 0.391. The lowest BCUT2D eigenvalue weighted by molar-refractivity contribution is -0.136. The lowest BCUT2D eigenvalue weighted by Gasteiger charge is -2.22. The van der Waals surface area contributed by atoms with E-state index in [1.807, 2.05) is 38.4 Å². The zero-order valence-electron chi connectivity index (χ0n) is 16.1. The van der Waals surface area contributed by atoms with E-state index >= 15 is 0 Å². The summed E-state index contributed by atoms with van der Waals surface area (Å²) >= 11 is 0. The molecule has 2 aromatic rings. The molecule has 3 rings (SSSR count). The Hall–Kier alpha value is -2.62. The number of aliphatic carboxylic acids is 1. The summed E-state index contributed by atoms with van der Waals surface area (Å²) in [7, 11) is 0. The number of benzene rings is 1. The smallest absolute Gasteiger partial charge is 0.303 e.